The molecule has 32 heavy (non-hydrogen) atoms. The number of hydrogen-bond donors (Lipinski definition) is 2. The van der Waals surface area contributed by atoms with Crippen molar-refractivity contribution in [3.05, 3.63) is 59.9 Å². The van der Waals surface area contributed by atoms with Crippen LogP contribution in [0.4, 0.5) is 10.5 Å². The molecular weight excluding hydrogens is 406 g/mol. The molecule has 1 atom stereocenters. The van der Waals surface area contributed by atoms with Gasteiger partial charge in [0.1, 0.15) is 6.04 Å². The van der Waals surface area contributed by atoms with Gasteiger partial charge in [0.05, 0.1) is 6.54 Å². The highest BCUT2D eigenvalue weighted by Gasteiger charge is 2.30. The highest BCUT2D eigenvalue weighted by Crippen LogP contribution is 2.15. The fourth-order valence-electron chi connectivity index (χ4n) is 3.79. The molecule has 2 heterocycles. The van der Waals surface area contributed by atoms with Gasteiger partial charge in [-0.2, -0.15) is 0 Å². The number of likely N-dealkylation sites (tertiary alicyclic amines) is 1. The number of hydrogen-bond acceptors (Lipinski definition) is 4. The first-order valence-electron chi connectivity index (χ1n) is 11.1. The molecule has 1 saturated heterocycles. The molecule has 170 valence electrons. The van der Waals surface area contributed by atoms with E-state index in [-0.39, 0.29) is 18.4 Å². The van der Waals surface area contributed by atoms with E-state index in [0.717, 1.165) is 24.0 Å². The Labute approximate surface area is 189 Å². The van der Waals surface area contributed by atoms with E-state index in [0.29, 0.717) is 31.7 Å². The molecule has 4 amide bonds. The molecule has 2 N–H and O–H groups in total. The van der Waals surface area contributed by atoms with Crippen molar-refractivity contribution in [2.24, 2.45) is 0 Å². The molecule has 0 aliphatic carbocycles. The first kappa shape index (κ1) is 23.2. The summed E-state index contributed by atoms with van der Waals surface area (Å²) >= 11 is 0. The summed E-state index contributed by atoms with van der Waals surface area (Å²) < 4.78 is 0. The summed E-state index contributed by atoms with van der Waals surface area (Å²) in [6, 6.07) is 10.2. The van der Waals surface area contributed by atoms with E-state index in [9.17, 15) is 14.4 Å². The van der Waals surface area contributed by atoms with Crippen molar-refractivity contribution < 1.29 is 14.4 Å². The van der Waals surface area contributed by atoms with Crippen molar-refractivity contribution in [2.75, 3.05) is 25.0 Å². The van der Waals surface area contributed by atoms with E-state index in [4.69, 9.17) is 0 Å². The van der Waals surface area contributed by atoms with E-state index in [2.05, 4.69) is 15.6 Å². The van der Waals surface area contributed by atoms with Gasteiger partial charge in [-0.05, 0) is 68.5 Å². The van der Waals surface area contributed by atoms with Gasteiger partial charge >= 0.3 is 6.03 Å². The summed E-state index contributed by atoms with van der Waals surface area (Å²) in [5.41, 5.74) is 2.69. The number of pyridine rings is 1. The average Bonchev–Trinajstić information content (AvgIpc) is 2.94. The van der Waals surface area contributed by atoms with Gasteiger partial charge in [0.15, 0.2) is 0 Å². The van der Waals surface area contributed by atoms with Crippen molar-refractivity contribution in [2.45, 2.75) is 45.7 Å². The van der Waals surface area contributed by atoms with Gasteiger partial charge in [-0.3, -0.25) is 14.6 Å². The third-order valence-electron chi connectivity index (χ3n) is 5.55. The molecule has 1 aliphatic heterocycles. The van der Waals surface area contributed by atoms with E-state index in [1.165, 1.54) is 0 Å². The largest absolute Gasteiger partial charge is 0.337 e. The number of nitrogens with one attached hydrogen (secondary N) is 2. The number of benzene rings is 1. The van der Waals surface area contributed by atoms with Crippen LogP contribution in [0.2, 0.25) is 0 Å². The monoisotopic (exact) mass is 437 g/mol. The predicted octanol–water partition coefficient (Wildman–Crippen LogP) is 2.94. The molecule has 0 bridgehead atoms. The highest BCUT2D eigenvalue weighted by molar-refractivity contribution is 5.94. The highest BCUT2D eigenvalue weighted by atomic mass is 16.2. The Morgan fingerprint density at radius 1 is 1.19 bits per heavy atom. The summed E-state index contributed by atoms with van der Waals surface area (Å²) in [7, 11) is 0. The quantitative estimate of drug-likeness (QED) is 0.696. The van der Waals surface area contributed by atoms with Gasteiger partial charge in [0, 0.05) is 37.7 Å². The van der Waals surface area contributed by atoms with Crippen LogP contribution in [0.3, 0.4) is 0 Å². The van der Waals surface area contributed by atoms with Gasteiger partial charge in [-0.25, -0.2) is 4.79 Å². The molecule has 0 saturated carbocycles. The summed E-state index contributed by atoms with van der Waals surface area (Å²) in [6.07, 6.45) is 5.56. The molecule has 0 spiro atoms. The van der Waals surface area contributed by atoms with Crippen LogP contribution < -0.4 is 10.6 Å². The number of carbonyl (C=O) groups is 3. The number of urea groups is 1. The number of amides is 4. The zero-order valence-corrected chi connectivity index (χ0v) is 18.7. The maximum Gasteiger partial charge on any atom is 0.319 e. The van der Waals surface area contributed by atoms with Gasteiger partial charge in [0.25, 0.3) is 0 Å². The summed E-state index contributed by atoms with van der Waals surface area (Å²) in [6.45, 7) is 5.40. The standard InChI is InChI=1S/C24H31N5O3/c1-3-28(16-19-10-12-25-13-11-19)22(30)17-29-14-5-4-9-21(23(29)31)27-24(32)26-20-8-6-7-18(2)15-20/h6-8,10-13,15,21H,3-5,9,14,16-17H2,1-2H3,(H2,26,27,32). The molecule has 2 aromatic rings. The second-order valence-corrected chi connectivity index (χ2v) is 8.04. The Balaban J connectivity index is 1.59. The SMILES string of the molecule is CCN(Cc1ccncc1)C(=O)CN1CCCCC(NC(=O)Nc2cccc(C)c2)C1=O. The fourth-order valence-corrected chi connectivity index (χ4v) is 3.79. The summed E-state index contributed by atoms with van der Waals surface area (Å²) in [5.74, 6) is -0.322. The predicted molar refractivity (Wildman–Crippen MR) is 123 cm³/mol. The van der Waals surface area contributed by atoms with Crippen LogP contribution in [-0.2, 0) is 16.1 Å². The van der Waals surface area contributed by atoms with Gasteiger partial charge in [-0.15, -0.1) is 0 Å². The van der Waals surface area contributed by atoms with Crippen LogP contribution in [0.15, 0.2) is 48.8 Å². The number of rotatable bonds is 7. The molecule has 3 rings (SSSR count). The van der Waals surface area contributed by atoms with Gasteiger partial charge < -0.3 is 20.4 Å². The van der Waals surface area contributed by atoms with E-state index < -0.39 is 12.1 Å². The number of likely N-dealkylation sites (N-methyl/N-ethyl adjacent to an activating group) is 1. The summed E-state index contributed by atoms with van der Waals surface area (Å²) in [5, 5.41) is 5.57. The third-order valence-corrected chi connectivity index (χ3v) is 5.55. The second-order valence-electron chi connectivity index (χ2n) is 8.04. The number of aryl methyl sites for hydroxylation is 1. The van der Waals surface area contributed by atoms with Crippen molar-refractivity contribution in [3.63, 3.8) is 0 Å². The minimum Gasteiger partial charge on any atom is -0.337 e. The van der Waals surface area contributed by atoms with Crippen LogP contribution in [0.25, 0.3) is 0 Å². The minimum absolute atomic E-state index is 0.00936. The number of nitrogens with zero attached hydrogens (tertiary/aromatic N) is 3. The maximum absolute atomic E-state index is 13.1. The Bertz CT molecular complexity index is 934. The fraction of sp³-hybridized carbons (Fsp3) is 0.417. The lowest BCUT2D eigenvalue weighted by atomic mass is 10.1. The lowest BCUT2D eigenvalue weighted by Crippen LogP contribution is -2.51. The van der Waals surface area contributed by atoms with E-state index >= 15 is 0 Å². The number of aromatic nitrogens is 1. The lowest BCUT2D eigenvalue weighted by molar-refractivity contribution is -0.141. The van der Waals surface area contributed by atoms with Gasteiger partial charge in [-0.1, -0.05) is 12.1 Å². The molecule has 1 aliphatic rings. The smallest absolute Gasteiger partial charge is 0.319 e. The Kier molecular flexibility index (Phi) is 8.19. The van der Waals surface area contributed by atoms with Crippen molar-refractivity contribution in [3.8, 4) is 0 Å². The zero-order chi connectivity index (χ0) is 22.9. The van der Waals surface area contributed by atoms with Crippen molar-refractivity contribution in [1.82, 2.24) is 20.1 Å². The minimum atomic E-state index is -0.648. The molecule has 0 radical (unpaired) electrons. The number of carbonyl (C=O) groups excluding carboxylic acids is 3. The molecule has 1 aromatic heterocycles. The molecule has 8 nitrogen and oxygen atoms in total. The molecule has 1 unspecified atom stereocenters. The molecule has 1 fully saturated rings. The van der Waals surface area contributed by atoms with E-state index in [1.54, 1.807) is 28.3 Å². The molecule has 8 heteroatoms. The lowest BCUT2D eigenvalue weighted by Gasteiger charge is -2.28. The van der Waals surface area contributed by atoms with Crippen LogP contribution in [-0.4, -0.2) is 58.3 Å². The van der Waals surface area contributed by atoms with Crippen molar-refractivity contribution in [1.29, 1.82) is 0 Å². The first-order chi connectivity index (χ1) is 15.5. The van der Waals surface area contributed by atoms with Crippen LogP contribution in [0.1, 0.15) is 37.3 Å². The van der Waals surface area contributed by atoms with Gasteiger partial charge in [0.2, 0.25) is 11.8 Å². The Hall–Kier alpha value is -3.42. The maximum atomic E-state index is 13.1. The average molecular weight is 438 g/mol. The van der Waals surface area contributed by atoms with Crippen LogP contribution in [0, 0.1) is 6.92 Å². The van der Waals surface area contributed by atoms with Crippen LogP contribution >= 0.6 is 0 Å². The number of anilines is 1. The second kappa shape index (κ2) is 11.3. The topological polar surface area (TPSA) is 94.6 Å². The Morgan fingerprint density at radius 3 is 2.69 bits per heavy atom. The normalized spacial score (nSPS) is 16.2. The summed E-state index contributed by atoms with van der Waals surface area (Å²) in [4.78, 5) is 45.8. The first-order valence-corrected chi connectivity index (χ1v) is 11.1. The molecule has 1 aromatic carbocycles. The molecular formula is C24H31N5O3. The third kappa shape index (κ3) is 6.54. The van der Waals surface area contributed by atoms with Crippen LogP contribution in [0.5, 0.6) is 0 Å². The van der Waals surface area contributed by atoms with Crippen molar-refractivity contribution >= 4 is 23.5 Å². The van der Waals surface area contributed by atoms with E-state index in [1.807, 2.05) is 44.2 Å². The Morgan fingerprint density at radius 2 is 1.97 bits per heavy atom. The zero-order valence-electron chi connectivity index (χ0n) is 18.7.